The number of hydrogen-bond acceptors (Lipinski definition) is 5. The van der Waals surface area contributed by atoms with Crippen LogP contribution in [0.25, 0.3) is 17.0 Å². The first-order valence-corrected chi connectivity index (χ1v) is 10.1. The summed E-state index contributed by atoms with van der Waals surface area (Å²) in [6.45, 7) is 1.66. The number of halogens is 3. The zero-order chi connectivity index (χ0) is 19.4. The summed E-state index contributed by atoms with van der Waals surface area (Å²) in [5.74, 6) is 0.481. The van der Waals surface area contributed by atoms with Gasteiger partial charge in [-0.3, -0.25) is 4.98 Å². The van der Waals surface area contributed by atoms with Gasteiger partial charge in [-0.05, 0) is 36.5 Å². The van der Waals surface area contributed by atoms with Crippen molar-refractivity contribution in [3.63, 3.8) is 0 Å². The van der Waals surface area contributed by atoms with Crippen molar-refractivity contribution in [1.82, 2.24) is 19.6 Å². The van der Waals surface area contributed by atoms with Crippen LogP contribution in [0.3, 0.4) is 0 Å². The van der Waals surface area contributed by atoms with E-state index in [4.69, 9.17) is 4.78 Å². The van der Waals surface area contributed by atoms with Crippen LogP contribution in [0.2, 0.25) is 0 Å². The lowest BCUT2D eigenvalue weighted by Crippen LogP contribution is -2.06. The fourth-order valence-corrected chi connectivity index (χ4v) is 3.95. The largest absolute Gasteiger partial charge is 0.418 e. The summed E-state index contributed by atoms with van der Waals surface area (Å²) in [7, 11) is -3.09. The van der Waals surface area contributed by atoms with Crippen LogP contribution >= 0.6 is 0 Å². The van der Waals surface area contributed by atoms with Gasteiger partial charge in [0.05, 0.1) is 32.6 Å². The molecular weight excluding hydrogens is 379 g/mol. The van der Waals surface area contributed by atoms with Crippen LogP contribution in [0.5, 0.6) is 0 Å². The molecule has 3 aromatic heterocycles. The number of hydrogen-bond donors (Lipinski definition) is 1. The van der Waals surface area contributed by atoms with E-state index in [1.807, 2.05) is 0 Å². The number of pyridine rings is 1. The number of fused-ring (bicyclic) bond motifs is 1. The first-order valence-electron chi connectivity index (χ1n) is 8.38. The smallest absolute Gasteiger partial charge is 0.253 e. The molecule has 1 aliphatic rings. The lowest BCUT2D eigenvalue weighted by atomic mass is 10.1. The third-order valence-electron chi connectivity index (χ3n) is 4.57. The summed E-state index contributed by atoms with van der Waals surface area (Å²) in [4.78, 5) is 8.82. The molecule has 27 heavy (non-hydrogen) atoms. The van der Waals surface area contributed by atoms with Gasteiger partial charge in [-0.2, -0.15) is 18.3 Å². The molecule has 1 aliphatic carbocycles. The molecule has 3 aromatic rings. The highest BCUT2D eigenvalue weighted by Gasteiger charge is 2.32. The van der Waals surface area contributed by atoms with Crippen LogP contribution in [0.1, 0.15) is 36.8 Å². The molecule has 10 heteroatoms. The highest BCUT2D eigenvalue weighted by Crippen LogP contribution is 2.41. The second-order valence-electron chi connectivity index (χ2n) is 6.52. The van der Waals surface area contributed by atoms with Crippen molar-refractivity contribution in [2.45, 2.75) is 36.8 Å². The number of nitrogens with zero attached hydrogens (tertiary/aromatic N) is 4. The van der Waals surface area contributed by atoms with Gasteiger partial charge in [0.1, 0.15) is 11.4 Å². The summed E-state index contributed by atoms with van der Waals surface area (Å²) in [6.07, 6.45) is 1.37. The van der Waals surface area contributed by atoms with Gasteiger partial charge in [0.2, 0.25) is 0 Å². The second-order valence-corrected chi connectivity index (χ2v) is 8.89. The van der Waals surface area contributed by atoms with Crippen molar-refractivity contribution in [2.75, 3.05) is 5.75 Å². The SMILES string of the molecule is CCS(=N)(=O)c1cc(C2CC2)cnc1-c1cn2ncc(C(F)(F)F)cc2n1. The summed E-state index contributed by atoms with van der Waals surface area (Å²) >= 11 is 0. The minimum absolute atomic E-state index is 0.00632. The Balaban J connectivity index is 1.87. The summed E-state index contributed by atoms with van der Waals surface area (Å²) in [5, 5.41) is 3.75. The average molecular weight is 395 g/mol. The standard InChI is InChI=1S/C17H16F3N5OS/c1-2-27(21,26)14-5-11(10-3-4-10)7-22-16(14)13-9-25-15(24-13)6-12(8-23-25)17(18,19)20/h5-10,21H,2-4H2,1H3. The monoisotopic (exact) mass is 395 g/mol. The molecule has 0 amide bonds. The number of alkyl halides is 3. The Morgan fingerprint density at radius 3 is 2.67 bits per heavy atom. The predicted molar refractivity (Wildman–Crippen MR) is 92.9 cm³/mol. The van der Waals surface area contributed by atoms with E-state index in [1.165, 1.54) is 10.7 Å². The van der Waals surface area contributed by atoms with Gasteiger partial charge in [0.15, 0.2) is 5.65 Å². The third-order valence-corrected chi connectivity index (χ3v) is 6.41. The maximum Gasteiger partial charge on any atom is 0.418 e. The molecular formula is C17H16F3N5OS. The van der Waals surface area contributed by atoms with Gasteiger partial charge in [-0.15, -0.1) is 0 Å². The molecule has 0 spiro atoms. The molecule has 3 heterocycles. The molecule has 1 unspecified atom stereocenters. The van der Waals surface area contributed by atoms with Crippen molar-refractivity contribution < 1.29 is 17.4 Å². The zero-order valence-electron chi connectivity index (χ0n) is 14.3. The molecule has 1 atom stereocenters. The van der Waals surface area contributed by atoms with Crippen LogP contribution in [0.15, 0.2) is 35.6 Å². The Bertz CT molecular complexity index is 1130. The van der Waals surface area contributed by atoms with Crippen LogP contribution in [-0.4, -0.2) is 29.5 Å². The van der Waals surface area contributed by atoms with E-state index in [0.717, 1.165) is 30.7 Å². The molecule has 142 valence electrons. The molecule has 1 fully saturated rings. The third kappa shape index (κ3) is 3.29. The predicted octanol–water partition coefficient (Wildman–Crippen LogP) is 4.11. The van der Waals surface area contributed by atoms with Crippen molar-refractivity contribution in [2.24, 2.45) is 0 Å². The molecule has 0 saturated heterocycles. The van der Waals surface area contributed by atoms with Gasteiger partial charge < -0.3 is 0 Å². The van der Waals surface area contributed by atoms with Crippen LogP contribution in [-0.2, 0) is 15.9 Å². The summed E-state index contributed by atoms with van der Waals surface area (Å²) in [6, 6.07) is 2.63. The Hall–Kier alpha value is -2.49. The van der Waals surface area contributed by atoms with Crippen molar-refractivity contribution in [1.29, 1.82) is 4.78 Å². The Kier molecular flexibility index (Phi) is 3.99. The second kappa shape index (κ2) is 6.01. The molecule has 0 aliphatic heterocycles. The molecule has 0 bridgehead atoms. The minimum atomic E-state index is -4.52. The van der Waals surface area contributed by atoms with Crippen molar-refractivity contribution in [3.05, 3.63) is 41.9 Å². The van der Waals surface area contributed by atoms with E-state index >= 15 is 0 Å². The lowest BCUT2D eigenvalue weighted by Gasteiger charge is -2.11. The van der Waals surface area contributed by atoms with Gasteiger partial charge in [0, 0.05) is 11.9 Å². The topological polar surface area (TPSA) is 84.0 Å². The van der Waals surface area contributed by atoms with Crippen molar-refractivity contribution >= 4 is 15.4 Å². The van der Waals surface area contributed by atoms with E-state index < -0.39 is 21.5 Å². The highest BCUT2D eigenvalue weighted by molar-refractivity contribution is 7.92. The molecule has 4 rings (SSSR count). The van der Waals surface area contributed by atoms with E-state index in [2.05, 4.69) is 15.1 Å². The van der Waals surface area contributed by atoms with Gasteiger partial charge >= 0.3 is 6.18 Å². The van der Waals surface area contributed by atoms with E-state index in [0.29, 0.717) is 5.92 Å². The van der Waals surface area contributed by atoms with Gasteiger partial charge in [-0.1, -0.05) is 6.92 Å². The lowest BCUT2D eigenvalue weighted by molar-refractivity contribution is -0.137. The fourth-order valence-electron chi connectivity index (χ4n) is 2.85. The normalized spacial score (nSPS) is 17.2. The van der Waals surface area contributed by atoms with E-state index in [1.54, 1.807) is 19.2 Å². The number of aromatic nitrogens is 4. The first-order chi connectivity index (χ1) is 12.7. The summed E-state index contributed by atoms with van der Waals surface area (Å²) in [5.41, 5.74) is 0.533. The number of rotatable bonds is 4. The van der Waals surface area contributed by atoms with E-state index in [-0.39, 0.29) is 27.7 Å². The summed E-state index contributed by atoms with van der Waals surface area (Å²) < 4.78 is 60.8. The number of nitrogens with one attached hydrogen (secondary N) is 1. The molecule has 6 nitrogen and oxygen atoms in total. The van der Waals surface area contributed by atoms with Crippen LogP contribution in [0.4, 0.5) is 13.2 Å². The molecule has 0 aromatic carbocycles. The minimum Gasteiger partial charge on any atom is -0.253 e. The van der Waals surface area contributed by atoms with Gasteiger partial charge in [-0.25, -0.2) is 18.5 Å². The highest BCUT2D eigenvalue weighted by atomic mass is 32.2. The zero-order valence-corrected chi connectivity index (χ0v) is 15.1. The Morgan fingerprint density at radius 2 is 2.04 bits per heavy atom. The molecule has 0 radical (unpaired) electrons. The Morgan fingerprint density at radius 1 is 1.30 bits per heavy atom. The first kappa shape index (κ1) is 17.9. The maximum atomic E-state index is 12.9. The van der Waals surface area contributed by atoms with E-state index in [9.17, 15) is 17.4 Å². The average Bonchev–Trinajstić information content (AvgIpc) is 3.38. The van der Waals surface area contributed by atoms with Gasteiger partial charge in [0.25, 0.3) is 0 Å². The maximum absolute atomic E-state index is 12.9. The van der Waals surface area contributed by atoms with Crippen LogP contribution < -0.4 is 0 Å². The molecule has 1 saturated carbocycles. The quantitative estimate of drug-likeness (QED) is 0.720. The van der Waals surface area contributed by atoms with Crippen molar-refractivity contribution in [3.8, 4) is 11.4 Å². The van der Waals surface area contributed by atoms with Crippen LogP contribution in [0, 0.1) is 4.78 Å². The Labute approximate surface area is 153 Å². The fraction of sp³-hybridized carbons (Fsp3) is 0.353. The number of imidazole rings is 1. The molecule has 1 N–H and O–H groups in total.